The third-order valence-corrected chi connectivity index (χ3v) is 3.32. The Hall–Kier alpha value is -1.49. The molecule has 2 rings (SSSR count). The number of aryl methyl sites for hydroxylation is 1. The van der Waals surface area contributed by atoms with Gasteiger partial charge in [-0.2, -0.15) is 0 Å². The zero-order valence-electron chi connectivity index (χ0n) is 10.4. The van der Waals surface area contributed by atoms with Gasteiger partial charge >= 0.3 is 6.09 Å². The van der Waals surface area contributed by atoms with Gasteiger partial charge in [0.1, 0.15) is 11.0 Å². The van der Waals surface area contributed by atoms with Crippen LogP contribution in [-0.4, -0.2) is 46.8 Å². The van der Waals surface area contributed by atoms with Crippen molar-refractivity contribution < 1.29 is 9.90 Å². The summed E-state index contributed by atoms with van der Waals surface area (Å²) in [5.74, 6) is 0.817. The van der Waals surface area contributed by atoms with Crippen molar-refractivity contribution in [2.24, 2.45) is 0 Å². The molecule has 1 atom stereocenters. The van der Waals surface area contributed by atoms with Crippen molar-refractivity contribution in [2.75, 3.05) is 24.5 Å². The Morgan fingerprint density at radius 1 is 1.50 bits per heavy atom. The summed E-state index contributed by atoms with van der Waals surface area (Å²) >= 11 is 5.94. The van der Waals surface area contributed by atoms with Crippen molar-refractivity contribution in [1.82, 2.24) is 9.88 Å². The number of carbonyl (C=O) groups is 1. The highest BCUT2D eigenvalue weighted by atomic mass is 35.5. The molecule has 1 aromatic rings. The Balaban J connectivity index is 2.14. The first-order valence-electron chi connectivity index (χ1n) is 5.86. The second-order valence-corrected chi connectivity index (χ2v) is 4.98. The standard InChI is InChI=1S/C12H16ClN3O2/c1-8-5-10(13)14-11(6-8)15-3-4-16(12(17)18)9(2)7-15/h5-6,9H,3-4,7H2,1-2H3,(H,17,18). The van der Waals surface area contributed by atoms with E-state index in [2.05, 4.69) is 9.88 Å². The lowest BCUT2D eigenvalue weighted by molar-refractivity contribution is 0.122. The molecule has 1 aliphatic heterocycles. The van der Waals surface area contributed by atoms with Gasteiger partial charge in [0.15, 0.2) is 0 Å². The Kier molecular flexibility index (Phi) is 3.61. The summed E-state index contributed by atoms with van der Waals surface area (Å²) in [6.45, 7) is 5.64. The zero-order chi connectivity index (χ0) is 13.3. The average Bonchev–Trinajstić information content (AvgIpc) is 2.26. The van der Waals surface area contributed by atoms with Gasteiger partial charge in [-0.15, -0.1) is 0 Å². The van der Waals surface area contributed by atoms with Crippen LogP contribution >= 0.6 is 11.6 Å². The summed E-state index contributed by atoms with van der Waals surface area (Å²) in [6, 6.07) is 3.73. The van der Waals surface area contributed by atoms with Gasteiger partial charge in [0, 0.05) is 25.7 Å². The van der Waals surface area contributed by atoms with Gasteiger partial charge in [0.25, 0.3) is 0 Å². The van der Waals surface area contributed by atoms with E-state index in [0.717, 1.165) is 11.4 Å². The van der Waals surface area contributed by atoms with E-state index in [1.165, 1.54) is 4.90 Å². The lowest BCUT2D eigenvalue weighted by Gasteiger charge is -2.38. The normalized spacial score (nSPS) is 20.1. The molecule has 1 aliphatic rings. The van der Waals surface area contributed by atoms with E-state index in [-0.39, 0.29) is 6.04 Å². The molecule has 18 heavy (non-hydrogen) atoms. The van der Waals surface area contributed by atoms with Crippen molar-refractivity contribution in [3.8, 4) is 0 Å². The number of carboxylic acid groups (broad SMARTS) is 1. The Morgan fingerprint density at radius 3 is 2.78 bits per heavy atom. The van der Waals surface area contributed by atoms with Crippen LogP contribution in [0.2, 0.25) is 5.15 Å². The summed E-state index contributed by atoms with van der Waals surface area (Å²) in [5, 5.41) is 9.50. The van der Waals surface area contributed by atoms with Crippen molar-refractivity contribution in [1.29, 1.82) is 0 Å². The van der Waals surface area contributed by atoms with Crippen LogP contribution in [0, 0.1) is 6.92 Å². The van der Waals surface area contributed by atoms with Crippen molar-refractivity contribution >= 4 is 23.5 Å². The van der Waals surface area contributed by atoms with Gasteiger partial charge in [-0.05, 0) is 31.5 Å². The second-order valence-electron chi connectivity index (χ2n) is 4.60. The van der Waals surface area contributed by atoms with Gasteiger partial charge in [-0.3, -0.25) is 0 Å². The van der Waals surface area contributed by atoms with Crippen LogP contribution in [0.4, 0.5) is 10.6 Å². The van der Waals surface area contributed by atoms with Crippen LogP contribution in [0.5, 0.6) is 0 Å². The van der Waals surface area contributed by atoms with E-state index in [0.29, 0.717) is 24.8 Å². The third-order valence-electron chi connectivity index (χ3n) is 3.12. The molecule has 0 spiro atoms. The lowest BCUT2D eigenvalue weighted by Crippen LogP contribution is -2.53. The number of rotatable bonds is 1. The predicted molar refractivity (Wildman–Crippen MR) is 70.4 cm³/mol. The number of halogens is 1. The molecule has 0 aliphatic carbocycles. The molecular weight excluding hydrogens is 254 g/mol. The van der Waals surface area contributed by atoms with Gasteiger partial charge in [0.05, 0.1) is 0 Å². The van der Waals surface area contributed by atoms with E-state index < -0.39 is 6.09 Å². The van der Waals surface area contributed by atoms with E-state index in [1.54, 1.807) is 0 Å². The highest BCUT2D eigenvalue weighted by molar-refractivity contribution is 6.29. The van der Waals surface area contributed by atoms with Crippen LogP contribution in [0.25, 0.3) is 0 Å². The molecule has 1 unspecified atom stereocenters. The van der Waals surface area contributed by atoms with E-state index in [9.17, 15) is 4.79 Å². The molecule has 5 nitrogen and oxygen atoms in total. The SMILES string of the molecule is Cc1cc(Cl)nc(N2CCN(C(=O)O)C(C)C2)c1. The van der Waals surface area contributed by atoms with Crippen LogP contribution in [0.1, 0.15) is 12.5 Å². The first-order chi connectivity index (χ1) is 8.47. The molecule has 1 amide bonds. The molecule has 1 aromatic heterocycles. The minimum Gasteiger partial charge on any atom is -0.465 e. The van der Waals surface area contributed by atoms with Crippen LogP contribution in [0.3, 0.4) is 0 Å². The highest BCUT2D eigenvalue weighted by Gasteiger charge is 2.27. The molecule has 6 heteroatoms. The Bertz CT molecular complexity index is 446. The molecule has 1 N–H and O–H groups in total. The number of pyridine rings is 1. The molecule has 0 aromatic carbocycles. The summed E-state index contributed by atoms with van der Waals surface area (Å²) in [5.41, 5.74) is 1.05. The maximum atomic E-state index is 11.0. The minimum atomic E-state index is -0.864. The minimum absolute atomic E-state index is 0.0441. The number of amides is 1. The molecule has 1 saturated heterocycles. The molecule has 0 bridgehead atoms. The van der Waals surface area contributed by atoms with Gasteiger partial charge in [-0.1, -0.05) is 11.6 Å². The Morgan fingerprint density at radius 2 is 2.22 bits per heavy atom. The van der Waals surface area contributed by atoms with Crippen molar-refractivity contribution in [3.05, 3.63) is 22.8 Å². The van der Waals surface area contributed by atoms with Crippen LogP contribution in [-0.2, 0) is 0 Å². The number of aromatic nitrogens is 1. The fourth-order valence-electron chi connectivity index (χ4n) is 2.22. The first-order valence-corrected chi connectivity index (χ1v) is 6.24. The van der Waals surface area contributed by atoms with Gasteiger partial charge in [-0.25, -0.2) is 9.78 Å². The van der Waals surface area contributed by atoms with E-state index in [1.807, 2.05) is 26.0 Å². The molecule has 0 saturated carbocycles. The number of anilines is 1. The van der Waals surface area contributed by atoms with Gasteiger partial charge in [0.2, 0.25) is 0 Å². The summed E-state index contributed by atoms with van der Waals surface area (Å²) in [6.07, 6.45) is -0.864. The molecule has 98 valence electrons. The summed E-state index contributed by atoms with van der Waals surface area (Å²) in [4.78, 5) is 18.8. The maximum absolute atomic E-state index is 11.0. The highest BCUT2D eigenvalue weighted by Crippen LogP contribution is 2.21. The maximum Gasteiger partial charge on any atom is 0.407 e. The fraction of sp³-hybridized carbons (Fsp3) is 0.500. The molecule has 1 fully saturated rings. The second kappa shape index (κ2) is 5.02. The van der Waals surface area contributed by atoms with Crippen molar-refractivity contribution in [3.63, 3.8) is 0 Å². The number of piperazine rings is 1. The van der Waals surface area contributed by atoms with Crippen molar-refractivity contribution in [2.45, 2.75) is 19.9 Å². The molecule has 2 heterocycles. The quantitative estimate of drug-likeness (QED) is 0.795. The summed E-state index contributed by atoms with van der Waals surface area (Å²) < 4.78 is 0. The predicted octanol–water partition coefficient (Wildman–Crippen LogP) is 2.23. The number of hydrogen-bond acceptors (Lipinski definition) is 3. The lowest BCUT2D eigenvalue weighted by atomic mass is 10.2. The first kappa shape index (κ1) is 13.0. The molecular formula is C12H16ClN3O2. The third kappa shape index (κ3) is 2.67. The van der Waals surface area contributed by atoms with E-state index >= 15 is 0 Å². The van der Waals surface area contributed by atoms with E-state index in [4.69, 9.17) is 16.7 Å². The Labute approximate surface area is 111 Å². The van der Waals surface area contributed by atoms with Gasteiger partial charge < -0.3 is 14.9 Å². The number of hydrogen-bond donors (Lipinski definition) is 1. The molecule has 0 radical (unpaired) electrons. The van der Waals surface area contributed by atoms with Crippen LogP contribution in [0.15, 0.2) is 12.1 Å². The van der Waals surface area contributed by atoms with Crippen LogP contribution < -0.4 is 4.90 Å². The topological polar surface area (TPSA) is 56.7 Å². The average molecular weight is 270 g/mol. The largest absolute Gasteiger partial charge is 0.465 e. The fourth-order valence-corrected chi connectivity index (χ4v) is 2.48. The smallest absolute Gasteiger partial charge is 0.407 e. The zero-order valence-corrected chi connectivity index (χ0v) is 11.2. The monoisotopic (exact) mass is 269 g/mol. The number of nitrogens with zero attached hydrogens (tertiary/aromatic N) is 3. The summed E-state index contributed by atoms with van der Waals surface area (Å²) in [7, 11) is 0.